The fourth-order valence-corrected chi connectivity index (χ4v) is 4.73. The quantitative estimate of drug-likeness (QED) is 0.324. The SMILES string of the molecule is CCc1ccc(NC(=O)CSc2nc3ccsc3c(=O)n2-c2ccccc2OC)cc1. The van der Waals surface area contributed by atoms with Crippen LogP contribution in [0.1, 0.15) is 12.5 Å². The Hall–Kier alpha value is -3.10. The van der Waals surface area contributed by atoms with Gasteiger partial charge in [-0.15, -0.1) is 11.3 Å². The molecule has 0 aliphatic rings. The third-order valence-corrected chi connectivity index (χ3v) is 6.58. The minimum absolute atomic E-state index is 0.118. The number of aromatic nitrogens is 2. The van der Waals surface area contributed by atoms with E-state index < -0.39 is 0 Å². The molecule has 0 spiro atoms. The van der Waals surface area contributed by atoms with Crippen molar-refractivity contribution in [2.45, 2.75) is 18.5 Å². The van der Waals surface area contributed by atoms with Gasteiger partial charge in [0.25, 0.3) is 5.56 Å². The first-order chi connectivity index (χ1) is 15.1. The van der Waals surface area contributed by atoms with Crippen LogP contribution in [-0.4, -0.2) is 28.3 Å². The molecule has 0 saturated carbocycles. The van der Waals surface area contributed by atoms with Crippen molar-refractivity contribution >= 4 is 44.9 Å². The largest absolute Gasteiger partial charge is 0.495 e. The number of para-hydroxylation sites is 2. The van der Waals surface area contributed by atoms with E-state index in [-0.39, 0.29) is 17.2 Å². The minimum atomic E-state index is -0.178. The Bertz CT molecular complexity index is 1280. The Labute approximate surface area is 187 Å². The molecule has 1 amide bonds. The second-order valence-electron chi connectivity index (χ2n) is 6.73. The van der Waals surface area contributed by atoms with E-state index in [0.29, 0.717) is 26.8 Å². The summed E-state index contributed by atoms with van der Waals surface area (Å²) in [5.74, 6) is 0.511. The third-order valence-electron chi connectivity index (χ3n) is 4.75. The van der Waals surface area contributed by atoms with Gasteiger partial charge in [-0.25, -0.2) is 4.98 Å². The molecule has 158 valence electrons. The van der Waals surface area contributed by atoms with E-state index >= 15 is 0 Å². The summed E-state index contributed by atoms with van der Waals surface area (Å²) in [7, 11) is 1.56. The number of carbonyl (C=O) groups excluding carboxylic acids is 1. The monoisotopic (exact) mass is 451 g/mol. The molecule has 0 unspecified atom stereocenters. The molecular formula is C23H21N3O3S2. The van der Waals surface area contributed by atoms with Gasteiger partial charge in [-0.05, 0) is 47.7 Å². The molecule has 6 nitrogen and oxygen atoms in total. The molecule has 0 aliphatic carbocycles. The van der Waals surface area contributed by atoms with Crippen molar-refractivity contribution in [3.05, 3.63) is 75.9 Å². The van der Waals surface area contributed by atoms with Crippen LogP contribution in [0.15, 0.2) is 69.9 Å². The van der Waals surface area contributed by atoms with Gasteiger partial charge in [-0.3, -0.25) is 14.2 Å². The van der Waals surface area contributed by atoms with Crippen molar-refractivity contribution in [3.8, 4) is 11.4 Å². The van der Waals surface area contributed by atoms with Crippen molar-refractivity contribution < 1.29 is 9.53 Å². The summed E-state index contributed by atoms with van der Waals surface area (Å²) in [6.07, 6.45) is 0.946. The number of nitrogens with zero attached hydrogens (tertiary/aromatic N) is 2. The molecule has 0 bridgehead atoms. The molecule has 2 aromatic carbocycles. The van der Waals surface area contributed by atoms with E-state index in [1.807, 2.05) is 47.8 Å². The highest BCUT2D eigenvalue weighted by atomic mass is 32.2. The first kappa shape index (κ1) is 21.1. The number of aryl methyl sites for hydroxylation is 1. The Kier molecular flexibility index (Phi) is 6.39. The zero-order valence-electron chi connectivity index (χ0n) is 17.1. The Balaban J connectivity index is 1.63. The maximum atomic E-state index is 13.2. The molecule has 2 heterocycles. The molecular weight excluding hydrogens is 430 g/mol. The van der Waals surface area contributed by atoms with E-state index in [1.165, 1.54) is 33.2 Å². The number of carbonyl (C=O) groups is 1. The van der Waals surface area contributed by atoms with Gasteiger partial charge in [-0.2, -0.15) is 0 Å². The van der Waals surface area contributed by atoms with Gasteiger partial charge < -0.3 is 10.1 Å². The van der Waals surface area contributed by atoms with Crippen LogP contribution in [-0.2, 0) is 11.2 Å². The molecule has 2 aromatic heterocycles. The molecule has 4 rings (SSSR count). The van der Waals surface area contributed by atoms with E-state index in [1.54, 1.807) is 19.2 Å². The van der Waals surface area contributed by atoms with Gasteiger partial charge in [0.05, 0.1) is 24.1 Å². The fraction of sp³-hybridized carbons (Fsp3) is 0.174. The summed E-state index contributed by atoms with van der Waals surface area (Å²) >= 11 is 2.57. The van der Waals surface area contributed by atoms with Gasteiger partial charge in [0, 0.05) is 5.69 Å². The number of amides is 1. The number of thiophene rings is 1. The first-order valence-corrected chi connectivity index (χ1v) is 11.6. The number of ether oxygens (including phenoxy) is 1. The normalized spacial score (nSPS) is 10.9. The molecule has 0 atom stereocenters. The second kappa shape index (κ2) is 9.36. The lowest BCUT2D eigenvalue weighted by atomic mass is 10.1. The van der Waals surface area contributed by atoms with Crippen LogP contribution in [0.3, 0.4) is 0 Å². The highest BCUT2D eigenvalue weighted by molar-refractivity contribution is 7.99. The zero-order chi connectivity index (χ0) is 21.8. The van der Waals surface area contributed by atoms with Crippen molar-refractivity contribution in [1.82, 2.24) is 9.55 Å². The summed E-state index contributed by atoms with van der Waals surface area (Å²) in [6, 6.07) is 16.9. The van der Waals surface area contributed by atoms with Crippen LogP contribution in [0, 0.1) is 0 Å². The van der Waals surface area contributed by atoms with Crippen molar-refractivity contribution in [2.24, 2.45) is 0 Å². The number of fused-ring (bicyclic) bond motifs is 1. The van der Waals surface area contributed by atoms with Crippen LogP contribution in [0.25, 0.3) is 15.9 Å². The highest BCUT2D eigenvalue weighted by Gasteiger charge is 2.18. The van der Waals surface area contributed by atoms with E-state index in [2.05, 4.69) is 17.2 Å². The summed E-state index contributed by atoms with van der Waals surface area (Å²) in [6.45, 7) is 2.09. The van der Waals surface area contributed by atoms with Gasteiger partial charge in [0.1, 0.15) is 10.4 Å². The summed E-state index contributed by atoms with van der Waals surface area (Å²) in [5.41, 5.74) is 2.99. The number of hydrogen-bond acceptors (Lipinski definition) is 6. The molecule has 4 aromatic rings. The molecule has 31 heavy (non-hydrogen) atoms. The van der Waals surface area contributed by atoms with E-state index in [0.717, 1.165) is 12.1 Å². The number of hydrogen-bond donors (Lipinski definition) is 1. The molecule has 0 aliphatic heterocycles. The van der Waals surface area contributed by atoms with Crippen molar-refractivity contribution in [3.63, 3.8) is 0 Å². The van der Waals surface area contributed by atoms with Gasteiger partial charge >= 0.3 is 0 Å². The fourth-order valence-electron chi connectivity index (χ4n) is 3.17. The standard InChI is InChI=1S/C23H21N3O3S2/c1-3-15-8-10-16(11-9-15)24-20(27)14-31-23-25-17-12-13-30-21(17)22(28)26(23)18-6-4-5-7-19(18)29-2/h4-13H,3,14H2,1-2H3,(H,24,27). The molecule has 0 fully saturated rings. The number of rotatable bonds is 7. The van der Waals surface area contributed by atoms with Gasteiger partial charge in [-0.1, -0.05) is 43.0 Å². The van der Waals surface area contributed by atoms with E-state index in [4.69, 9.17) is 4.74 Å². The minimum Gasteiger partial charge on any atom is -0.495 e. The number of benzene rings is 2. The summed E-state index contributed by atoms with van der Waals surface area (Å²) < 4.78 is 7.54. The molecule has 0 radical (unpaired) electrons. The Morgan fingerprint density at radius 3 is 2.68 bits per heavy atom. The predicted molar refractivity (Wildman–Crippen MR) is 127 cm³/mol. The van der Waals surface area contributed by atoms with Gasteiger partial charge in [0.15, 0.2) is 5.16 Å². The maximum absolute atomic E-state index is 13.2. The summed E-state index contributed by atoms with van der Waals surface area (Å²) in [5, 5.41) is 5.18. The van der Waals surface area contributed by atoms with Crippen molar-refractivity contribution in [2.75, 3.05) is 18.2 Å². The number of thioether (sulfide) groups is 1. The average molecular weight is 452 g/mol. The van der Waals surface area contributed by atoms with Crippen LogP contribution < -0.4 is 15.6 Å². The van der Waals surface area contributed by atoms with Crippen molar-refractivity contribution in [1.29, 1.82) is 0 Å². The van der Waals surface area contributed by atoms with Crippen LogP contribution in [0.4, 0.5) is 5.69 Å². The predicted octanol–water partition coefficient (Wildman–Crippen LogP) is 4.75. The topological polar surface area (TPSA) is 73.2 Å². The average Bonchev–Trinajstić information content (AvgIpc) is 3.27. The Morgan fingerprint density at radius 2 is 1.94 bits per heavy atom. The molecule has 8 heteroatoms. The molecule has 1 N–H and O–H groups in total. The number of anilines is 1. The van der Waals surface area contributed by atoms with Crippen LogP contribution in [0.2, 0.25) is 0 Å². The lowest BCUT2D eigenvalue weighted by molar-refractivity contribution is -0.113. The maximum Gasteiger partial charge on any atom is 0.276 e. The smallest absolute Gasteiger partial charge is 0.276 e. The van der Waals surface area contributed by atoms with Gasteiger partial charge in [0.2, 0.25) is 5.91 Å². The first-order valence-electron chi connectivity index (χ1n) is 9.76. The second-order valence-corrected chi connectivity index (χ2v) is 8.59. The van der Waals surface area contributed by atoms with Crippen LogP contribution >= 0.6 is 23.1 Å². The van der Waals surface area contributed by atoms with E-state index in [9.17, 15) is 9.59 Å². The summed E-state index contributed by atoms with van der Waals surface area (Å²) in [4.78, 5) is 30.4. The third kappa shape index (κ3) is 4.50. The zero-order valence-corrected chi connectivity index (χ0v) is 18.8. The highest BCUT2D eigenvalue weighted by Crippen LogP contribution is 2.28. The lowest BCUT2D eigenvalue weighted by Gasteiger charge is -2.14. The molecule has 0 saturated heterocycles. The number of nitrogens with one attached hydrogen (secondary N) is 1. The van der Waals surface area contributed by atoms with Crippen LogP contribution in [0.5, 0.6) is 5.75 Å². The number of methoxy groups -OCH3 is 1. The lowest BCUT2D eigenvalue weighted by Crippen LogP contribution is -2.22. The Morgan fingerprint density at radius 1 is 1.16 bits per heavy atom.